The molecule has 2 rings (SSSR count). The lowest BCUT2D eigenvalue weighted by Gasteiger charge is -2.26. The Balaban J connectivity index is 2.22. The Morgan fingerprint density at radius 1 is 1.14 bits per heavy atom. The van der Waals surface area contributed by atoms with Crippen LogP contribution in [-0.4, -0.2) is 34.2 Å². The van der Waals surface area contributed by atoms with Gasteiger partial charge in [-0.05, 0) is 55.2 Å². The van der Waals surface area contributed by atoms with Gasteiger partial charge < -0.3 is 10.1 Å². The van der Waals surface area contributed by atoms with Crippen molar-refractivity contribution in [1.82, 2.24) is 5.32 Å². The number of nitrogens with zero attached hydrogens (tertiary/aromatic N) is 1. The van der Waals surface area contributed by atoms with E-state index in [0.717, 1.165) is 33.0 Å². The lowest BCUT2D eigenvalue weighted by atomic mass is 10.0. The minimum absolute atomic E-state index is 0.210. The Hall–Kier alpha value is -2.54. The molecule has 28 heavy (non-hydrogen) atoms. The number of sulfonamides is 1. The molecule has 0 bridgehead atoms. The molecule has 6 nitrogen and oxygen atoms in total. The van der Waals surface area contributed by atoms with Crippen LogP contribution >= 0.6 is 0 Å². The summed E-state index contributed by atoms with van der Waals surface area (Å²) in [6, 6.07) is 12.7. The molecular formula is C21H28N2O4S. The summed E-state index contributed by atoms with van der Waals surface area (Å²) in [4.78, 5) is 12.7. The largest absolute Gasteiger partial charge is 0.497 e. The van der Waals surface area contributed by atoms with E-state index >= 15 is 0 Å². The Kier molecular flexibility index (Phi) is 7.07. The molecule has 0 fully saturated rings. The molecule has 7 heteroatoms. The van der Waals surface area contributed by atoms with Gasteiger partial charge in [0.15, 0.2) is 0 Å². The van der Waals surface area contributed by atoms with E-state index in [0.29, 0.717) is 12.1 Å². The zero-order chi connectivity index (χ0) is 20.9. The highest BCUT2D eigenvalue weighted by molar-refractivity contribution is 7.92. The fourth-order valence-corrected chi connectivity index (χ4v) is 3.92. The van der Waals surface area contributed by atoms with Crippen molar-refractivity contribution in [1.29, 1.82) is 0 Å². The van der Waals surface area contributed by atoms with Crippen LogP contribution in [0.1, 0.15) is 36.1 Å². The van der Waals surface area contributed by atoms with Crippen LogP contribution in [-0.2, 0) is 14.8 Å². The first-order valence-electron chi connectivity index (χ1n) is 9.14. The number of methoxy groups -OCH3 is 1. The third-order valence-electron chi connectivity index (χ3n) is 4.79. The monoisotopic (exact) mass is 404 g/mol. The van der Waals surface area contributed by atoms with Gasteiger partial charge in [0.05, 0.1) is 25.1 Å². The maximum Gasteiger partial charge on any atom is 0.241 e. The summed E-state index contributed by atoms with van der Waals surface area (Å²) in [5, 5.41) is 2.94. The van der Waals surface area contributed by atoms with Gasteiger partial charge in [-0.1, -0.05) is 31.2 Å². The molecule has 1 N–H and O–H groups in total. The number of amides is 1. The predicted molar refractivity (Wildman–Crippen MR) is 112 cm³/mol. The lowest BCUT2D eigenvalue weighted by molar-refractivity contribution is -0.120. The first-order valence-corrected chi connectivity index (χ1v) is 11.0. The van der Waals surface area contributed by atoms with Crippen LogP contribution in [0.3, 0.4) is 0 Å². The van der Waals surface area contributed by atoms with E-state index in [1.54, 1.807) is 19.2 Å². The van der Waals surface area contributed by atoms with Gasteiger partial charge in [-0.3, -0.25) is 9.10 Å². The van der Waals surface area contributed by atoms with Crippen LogP contribution in [0, 0.1) is 13.8 Å². The van der Waals surface area contributed by atoms with Crippen LogP contribution in [0.25, 0.3) is 0 Å². The first kappa shape index (κ1) is 21.8. The number of nitrogens with one attached hydrogen (secondary N) is 1. The molecule has 0 radical (unpaired) electrons. The normalized spacial score (nSPS) is 12.3. The Morgan fingerprint density at radius 2 is 1.79 bits per heavy atom. The fraction of sp³-hybridized carbons (Fsp3) is 0.381. The summed E-state index contributed by atoms with van der Waals surface area (Å²) in [6.45, 7) is 5.47. The van der Waals surface area contributed by atoms with Crippen molar-refractivity contribution in [2.75, 3.05) is 24.2 Å². The minimum Gasteiger partial charge on any atom is -0.497 e. The SMILES string of the molecule is CCC(NC(=O)CN(c1cccc(C)c1C)S(C)(=O)=O)c1ccc(OC)cc1. The summed E-state index contributed by atoms with van der Waals surface area (Å²) >= 11 is 0. The van der Waals surface area contributed by atoms with Crippen LogP contribution in [0.5, 0.6) is 5.75 Å². The lowest BCUT2D eigenvalue weighted by Crippen LogP contribution is -2.41. The Morgan fingerprint density at radius 3 is 2.32 bits per heavy atom. The molecule has 0 saturated heterocycles. The summed E-state index contributed by atoms with van der Waals surface area (Å²) in [5.74, 6) is 0.386. The number of rotatable bonds is 8. The highest BCUT2D eigenvalue weighted by Gasteiger charge is 2.24. The molecule has 1 atom stereocenters. The van der Waals surface area contributed by atoms with Crippen LogP contribution in [0.15, 0.2) is 42.5 Å². The zero-order valence-corrected chi connectivity index (χ0v) is 17.8. The fourth-order valence-electron chi connectivity index (χ4n) is 3.01. The second kappa shape index (κ2) is 9.10. The van der Waals surface area contributed by atoms with Crippen molar-refractivity contribution in [2.45, 2.75) is 33.2 Å². The quantitative estimate of drug-likeness (QED) is 0.732. The van der Waals surface area contributed by atoms with Gasteiger partial charge in [0.25, 0.3) is 0 Å². The highest BCUT2D eigenvalue weighted by Crippen LogP contribution is 2.25. The summed E-state index contributed by atoms with van der Waals surface area (Å²) < 4.78 is 31.0. The van der Waals surface area contributed by atoms with Crippen molar-refractivity contribution < 1.29 is 17.9 Å². The number of hydrogen-bond acceptors (Lipinski definition) is 4. The molecule has 2 aromatic rings. The molecular weight excluding hydrogens is 376 g/mol. The van der Waals surface area contributed by atoms with Crippen molar-refractivity contribution >= 4 is 21.6 Å². The van der Waals surface area contributed by atoms with E-state index in [1.807, 2.05) is 51.1 Å². The number of anilines is 1. The number of carbonyl (C=O) groups excluding carboxylic acids is 1. The Bertz CT molecular complexity index is 924. The number of ether oxygens (including phenoxy) is 1. The average Bonchev–Trinajstić information content (AvgIpc) is 2.66. The van der Waals surface area contributed by atoms with Gasteiger partial charge in [-0.15, -0.1) is 0 Å². The molecule has 152 valence electrons. The van der Waals surface area contributed by atoms with E-state index < -0.39 is 10.0 Å². The number of aryl methyl sites for hydroxylation is 1. The van der Waals surface area contributed by atoms with E-state index in [-0.39, 0.29) is 18.5 Å². The number of hydrogen-bond donors (Lipinski definition) is 1. The predicted octanol–water partition coefficient (Wildman–Crippen LogP) is 3.35. The second-order valence-corrected chi connectivity index (χ2v) is 8.70. The van der Waals surface area contributed by atoms with E-state index in [1.165, 1.54) is 0 Å². The van der Waals surface area contributed by atoms with Gasteiger partial charge in [0.1, 0.15) is 12.3 Å². The maximum absolute atomic E-state index is 12.7. The molecule has 0 aliphatic heterocycles. The van der Waals surface area contributed by atoms with Crippen LogP contribution < -0.4 is 14.4 Å². The highest BCUT2D eigenvalue weighted by atomic mass is 32.2. The van der Waals surface area contributed by atoms with Gasteiger partial charge >= 0.3 is 0 Å². The van der Waals surface area contributed by atoms with Gasteiger partial charge in [0, 0.05) is 0 Å². The molecule has 0 aliphatic rings. The number of carbonyl (C=O) groups is 1. The first-order chi connectivity index (χ1) is 13.2. The van der Waals surface area contributed by atoms with E-state index in [4.69, 9.17) is 4.74 Å². The molecule has 2 aromatic carbocycles. The maximum atomic E-state index is 12.7. The van der Waals surface area contributed by atoms with E-state index in [9.17, 15) is 13.2 Å². The summed E-state index contributed by atoms with van der Waals surface area (Å²) in [5.41, 5.74) is 3.27. The van der Waals surface area contributed by atoms with Crippen LogP contribution in [0.4, 0.5) is 5.69 Å². The van der Waals surface area contributed by atoms with Gasteiger partial charge in [0.2, 0.25) is 15.9 Å². The third-order valence-corrected chi connectivity index (χ3v) is 5.92. The molecule has 0 heterocycles. The molecule has 1 unspecified atom stereocenters. The smallest absolute Gasteiger partial charge is 0.241 e. The van der Waals surface area contributed by atoms with Crippen molar-refractivity contribution in [2.24, 2.45) is 0 Å². The average molecular weight is 405 g/mol. The van der Waals surface area contributed by atoms with E-state index in [2.05, 4.69) is 5.32 Å². The third kappa shape index (κ3) is 5.25. The molecule has 0 aromatic heterocycles. The number of benzene rings is 2. The van der Waals surface area contributed by atoms with Crippen molar-refractivity contribution in [3.8, 4) is 5.75 Å². The van der Waals surface area contributed by atoms with Crippen LogP contribution in [0.2, 0.25) is 0 Å². The molecule has 0 spiro atoms. The topological polar surface area (TPSA) is 75.7 Å². The van der Waals surface area contributed by atoms with Gasteiger partial charge in [-0.2, -0.15) is 0 Å². The molecule has 0 aliphatic carbocycles. The Labute approximate surface area is 167 Å². The standard InChI is InChI=1S/C21H28N2O4S/c1-6-19(17-10-12-18(27-4)13-11-17)22-21(24)14-23(28(5,25)26)20-9-7-8-15(2)16(20)3/h7-13,19H,6,14H2,1-5H3,(H,22,24). The zero-order valence-electron chi connectivity index (χ0n) is 17.0. The molecule has 1 amide bonds. The van der Waals surface area contributed by atoms with Crippen molar-refractivity contribution in [3.05, 3.63) is 59.2 Å². The minimum atomic E-state index is -3.61. The van der Waals surface area contributed by atoms with Gasteiger partial charge in [-0.25, -0.2) is 8.42 Å². The molecule has 0 saturated carbocycles. The van der Waals surface area contributed by atoms with Crippen molar-refractivity contribution in [3.63, 3.8) is 0 Å². The summed E-state index contributed by atoms with van der Waals surface area (Å²) in [7, 11) is -2.01. The summed E-state index contributed by atoms with van der Waals surface area (Å²) in [6.07, 6.45) is 1.79. The second-order valence-electron chi connectivity index (χ2n) is 6.79.